The van der Waals surface area contributed by atoms with Gasteiger partial charge in [-0.3, -0.25) is 14.5 Å². The van der Waals surface area contributed by atoms with Crippen molar-refractivity contribution in [3.05, 3.63) is 35.4 Å². The maximum absolute atomic E-state index is 12.2. The summed E-state index contributed by atoms with van der Waals surface area (Å²) in [5.41, 5.74) is 0.720. The van der Waals surface area contributed by atoms with Crippen LogP contribution < -0.4 is 0 Å². The Morgan fingerprint density at radius 3 is 1.93 bits per heavy atom. The number of nitrogens with zero attached hydrogens (tertiary/aromatic N) is 1. The topological polar surface area (TPSA) is 94.5 Å². The molecular formula is C20H25NO7. The number of benzene rings is 1. The molecule has 1 aromatic carbocycles. The van der Waals surface area contributed by atoms with Gasteiger partial charge in [0.1, 0.15) is 6.61 Å². The van der Waals surface area contributed by atoms with Crippen LogP contribution in [-0.2, 0) is 18.9 Å². The average molecular weight is 391 g/mol. The van der Waals surface area contributed by atoms with Crippen molar-refractivity contribution >= 4 is 11.8 Å². The number of aliphatic hydroxyl groups is 1. The summed E-state index contributed by atoms with van der Waals surface area (Å²) in [6, 6.07) is 6.60. The Morgan fingerprint density at radius 2 is 1.39 bits per heavy atom. The molecule has 1 aliphatic rings. The van der Waals surface area contributed by atoms with E-state index in [4.69, 9.17) is 25.4 Å². The molecule has 2 amide bonds. The first-order valence-corrected chi connectivity index (χ1v) is 9.03. The van der Waals surface area contributed by atoms with Gasteiger partial charge in [-0.05, 0) is 12.1 Å². The summed E-state index contributed by atoms with van der Waals surface area (Å²) in [6.45, 7) is 2.53. The van der Waals surface area contributed by atoms with Crippen LogP contribution in [0.15, 0.2) is 24.3 Å². The number of β-amino-alcohol motifs (C(OH)–C–C–N with tert-alkyl or cyclic N) is 1. The first kappa shape index (κ1) is 22.0. The van der Waals surface area contributed by atoms with Crippen LogP contribution in [0.4, 0.5) is 0 Å². The molecule has 8 nitrogen and oxygen atoms in total. The molecule has 2 rings (SSSR count). The molecule has 0 aliphatic carbocycles. The number of aliphatic hydroxyl groups excluding tert-OH is 1. The maximum atomic E-state index is 12.2. The van der Waals surface area contributed by atoms with Crippen LogP contribution in [0.1, 0.15) is 20.7 Å². The Kier molecular flexibility index (Phi) is 9.62. The van der Waals surface area contributed by atoms with Crippen LogP contribution in [0.5, 0.6) is 0 Å². The van der Waals surface area contributed by atoms with Gasteiger partial charge in [0.15, 0.2) is 0 Å². The number of fused-ring (bicyclic) bond motifs is 1. The SMILES string of the molecule is C#CCOCCOCCOCCOCC(O)CN1C(=O)c2ccccc2C1=O. The molecule has 0 saturated carbocycles. The van der Waals surface area contributed by atoms with Crippen molar-refractivity contribution in [1.29, 1.82) is 0 Å². The molecule has 0 spiro atoms. The van der Waals surface area contributed by atoms with Gasteiger partial charge in [0.05, 0.1) is 70.0 Å². The van der Waals surface area contributed by atoms with Crippen LogP contribution in [0.25, 0.3) is 0 Å². The highest BCUT2D eigenvalue weighted by Crippen LogP contribution is 2.22. The summed E-state index contributed by atoms with van der Waals surface area (Å²) >= 11 is 0. The van der Waals surface area contributed by atoms with E-state index in [1.54, 1.807) is 24.3 Å². The van der Waals surface area contributed by atoms with Gasteiger partial charge in [-0.1, -0.05) is 18.1 Å². The standard InChI is InChI=1S/C20H25NO7/c1-2-7-25-8-9-26-10-11-27-12-13-28-15-16(22)14-21-19(23)17-5-3-4-6-18(17)20(21)24/h1,3-6,16,22H,7-15H2. The molecule has 1 atom stereocenters. The molecule has 152 valence electrons. The lowest BCUT2D eigenvalue weighted by molar-refractivity contribution is -0.0192. The quantitative estimate of drug-likeness (QED) is 0.278. The number of amides is 2. The van der Waals surface area contributed by atoms with Crippen molar-refractivity contribution in [3.8, 4) is 12.3 Å². The van der Waals surface area contributed by atoms with Crippen LogP contribution in [-0.4, -0.2) is 87.3 Å². The second kappa shape index (κ2) is 12.2. The predicted octanol–water partition coefficient (Wildman–Crippen LogP) is 0.343. The number of rotatable bonds is 14. The van der Waals surface area contributed by atoms with E-state index in [0.29, 0.717) is 44.2 Å². The van der Waals surface area contributed by atoms with Gasteiger partial charge < -0.3 is 24.1 Å². The molecular weight excluding hydrogens is 366 g/mol. The van der Waals surface area contributed by atoms with Crippen molar-refractivity contribution in [2.45, 2.75) is 6.10 Å². The molecule has 0 radical (unpaired) electrons. The fourth-order valence-electron chi connectivity index (χ4n) is 2.58. The van der Waals surface area contributed by atoms with E-state index < -0.39 is 17.9 Å². The van der Waals surface area contributed by atoms with E-state index in [2.05, 4.69) is 5.92 Å². The lowest BCUT2D eigenvalue weighted by Crippen LogP contribution is -2.38. The van der Waals surface area contributed by atoms with Gasteiger partial charge in [-0.15, -0.1) is 6.42 Å². The Bertz CT molecular complexity index is 650. The summed E-state index contributed by atoms with van der Waals surface area (Å²) in [5, 5.41) is 10.0. The van der Waals surface area contributed by atoms with E-state index in [9.17, 15) is 14.7 Å². The van der Waals surface area contributed by atoms with Gasteiger partial charge >= 0.3 is 0 Å². The molecule has 1 N–H and O–H groups in total. The zero-order valence-electron chi connectivity index (χ0n) is 15.7. The highest BCUT2D eigenvalue weighted by Gasteiger charge is 2.35. The highest BCUT2D eigenvalue weighted by molar-refractivity contribution is 6.21. The van der Waals surface area contributed by atoms with Crippen molar-refractivity contribution in [1.82, 2.24) is 4.90 Å². The molecule has 1 aromatic rings. The molecule has 8 heteroatoms. The Morgan fingerprint density at radius 1 is 0.893 bits per heavy atom. The summed E-state index contributed by atoms with van der Waals surface area (Å²) < 4.78 is 21.0. The molecule has 1 heterocycles. The first-order chi connectivity index (χ1) is 13.6. The minimum absolute atomic E-state index is 0.000216. The van der Waals surface area contributed by atoms with Crippen molar-refractivity contribution in [3.63, 3.8) is 0 Å². The molecule has 1 aliphatic heterocycles. The molecule has 28 heavy (non-hydrogen) atoms. The third-order valence-electron chi connectivity index (χ3n) is 3.88. The zero-order chi connectivity index (χ0) is 20.2. The average Bonchev–Trinajstić information content (AvgIpc) is 2.94. The largest absolute Gasteiger partial charge is 0.389 e. The summed E-state index contributed by atoms with van der Waals surface area (Å²) in [5.74, 6) is 1.57. The third kappa shape index (κ3) is 6.71. The highest BCUT2D eigenvalue weighted by atomic mass is 16.6. The van der Waals surface area contributed by atoms with Gasteiger partial charge in [0.2, 0.25) is 0 Å². The van der Waals surface area contributed by atoms with Gasteiger partial charge in [-0.25, -0.2) is 0 Å². The fourth-order valence-corrected chi connectivity index (χ4v) is 2.58. The first-order valence-electron chi connectivity index (χ1n) is 9.03. The number of carbonyl (C=O) groups is 2. The Labute approximate surface area is 164 Å². The van der Waals surface area contributed by atoms with E-state index in [-0.39, 0.29) is 26.4 Å². The number of hydrogen-bond donors (Lipinski definition) is 1. The molecule has 1 unspecified atom stereocenters. The van der Waals surface area contributed by atoms with Crippen molar-refractivity contribution in [2.24, 2.45) is 0 Å². The second-order valence-electron chi connectivity index (χ2n) is 5.98. The Hall–Kier alpha value is -2.28. The molecule has 0 fully saturated rings. The molecule has 0 bridgehead atoms. The third-order valence-corrected chi connectivity index (χ3v) is 3.88. The van der Waals surface area contributed by atoms with Gasteiger partial charge in [0.25, 0.3) is 11.8 Å². The van der Waals surface area contributed by atoms with Crippen LogP contribution in [0.3, 0.4) is 0 Å². The van der Waals surface area contributed by atoms with Crippen LogP contribution in [0, 0.1) is 12.3 Å². The minimum atomic E-state index is -0.964. The number of carbonyl (C=O) groups excluding carboxylic acids is 2. The van der Waals surface area contributed by atoms with Crippen LogP contribution >= 0.6 is 0 Å². The monoisotopic (exact) mass is 391 g/mol. The second-order valence-corrected chi connectivity index (χ2v) is 5.98. The van der Waals surface area contributed by atoms with Crippen molar-refractivity contribution < 1.29 is 33.6 Å². The number of imide groups is 1. The predicted molar refractivity (Wildman–Crippen MR) is 99.9 cm³/mol. The molecule has 0 saturated heterocycles. The summed E-state index contributed by atoms with van der Waals surface area (Å²) in [7, 11) is 0. The van der Waals surface area contributed by atoms with Crippen LogP contribution in [0.2, 0.25) is 0 Å². The smallest absolute Gasteiger partial charge is 0.261 e. The maximum Gasteiger partial charge on any atom is 0.261 e. The number of ether oxygens (including phenoxy) is 4. The zero-order valence-corrected chi connectivity index (χ0v) is 15.7. The van der Waals surface area contributed by atoms with E-state index >= 15 is 0 Å². The lowest BCUT2D eigenvalue weighted by atomic mass is 10.1. The number of terminal acetylenes is 1. The van der Waals surface area contributed by atoms with Crippen molar-refractivity contribution in [2.75, 3.05) is 59.4 Å². The van der Waals surface area contributed by atoms with Gasteiger partial charge in [0, 0.05) is 0 Å². The fraction of sp³-hybridized carbons (Fsp3) is 0.500. The Balaban J connectivity index is 1.50. The van der Waals surface area contributed by atoms with E-state index in [0.717, 1.165) is 4.90 Å². The normalized spacial score (nSPS) is 14.2. The van der Waals surface area contributed by atoms with E-state index in [1.807, 2.05) is 0 Å². The summed E-state index contributed by atoms with van der Waals surface area (Å²) in [6.07, 6.45) is 4.08. The number of hydrogen-bond acceptors (Lipinski definition) is 7. The van der Waals surface area contributed by atoms with Gasteiger partial charge in [-0.2, -0.15) is 0 Å². The summed E-state index contributed by atoms with van der Waals surface area (Å²) in [4.78, 5) is 25.5. The van der Waals surface area contributed by atoms with E-state index in [1.165, 1.54) is 0 Å². The minimum Gasteiger partial charge on any atom is -0.389 e. The lowest BCUT2D eigenvalue weighted by Gasteiger charge is -2.18. The molecule has 0 aromatic heterocycles.